The number of aliphatic carboxylic acids is 1. The highest BCUT2D eigenvalue weighted by atomic mass is 35.5. The molecule has 2 atom stereocenters. The van der Waals surface area contributed by atoms with Gasteiger partial charge in [0.25, 0.3) is 0 Å². The molecule has 7 nitrogen and oxygen atoms in total. The molecule has 3 aliphatic heterocycles. The Kier molecular flexibility index (Phi) is 7.97. The Morgan fingerprint density at radius 2 is 2.00 bits per heavy atom. The van der Waals surface area contributed by atoms with E-state index in [2.05, 4.69) is 21.6 Å². The number of carboxylic acids is 1. The average Bonchev–Trinajstić information content (AvgIpc) is 3.22. The van der Waals surface area contributed by atoms with Gasteiger partial charge in [0.1, 0.15) is 23.5 Å². The molecule has 1 N–H and O–H groups in total. The van der Waals surface area contributed by atoms with Crippen LogP contribution in [-0.4, -0.2) is 51.3 Å². The summed E-state index contributed by atoms with van der Waals surface area (Å²) in [4.78, 5) is 18.4. The van der Waals surface area contributed by atoms with Crippen LogP contribution in [-0.2, 0) is 22.6 Å². The number of benzene rings is 2. The number of aryl methyl sites for hydroxylation is 1. The molecule has 4 heterocycles. The number of carboxylic acid groups (broad SMARTS) is 1. The molecule has 0 amide bonds. The summed E-state index contributed by atoms with van der Waals surface area (Å²) < 4.78 is 28.9. The molecular formula is C32H33ClFN3O4. The monoisotopic (exact) mass is 577 g/mol. The van der Waals surface area contributed by atoms with Gasteiger partial charge in [0.15, 0.2) is 0 Å². The second-order valence-electron chi connectivity index (χ2n) is 10.9. The smallest absolute Gasteiger partial charge is 0.328 e. The van der Waals surface area contributed by atoms with Gasteiger partial charge >= 0.3 is 5.97 Å². The highest BCUT2D eigenvalue weighted by molar-refractivity contribution is 6.30. The van der Waals surface area contributed by atoms with Crippen molar-refractivity contribution in [3.05, 3.63) is 93.3 Å². The second-order valence-corrected chi connectivity index (χ2v) is 11.4. The van der Waals surface area contributed by atoms with Gasteiger partial charge in [-0.05, 0) is 75.0 Å². The average molecular weight is 578 g/mol. The van der Waals surface area contributed by atoms with E-state index in [1.165, 1.54) is 12.1 Å². The van der Waals surface area contributed by atoms with Crippen LogP contribution in [0.2, 0.25) is 5.02 Å². The van der Waals surface area contributed by atoms with E-state index in [-0.39, 0.29) is 11.9 Å². The first-order chi connectivity index (χ1) is 19.9. The van der Waals surface area contributed by atoms with E-state index >= 15 is 0 Å². The maximum Gasteiger partial charge on any atom is 0.328 e. The molecule has 41 heavy (non-hydrogen) atoms. The molecule has 2 aromatic carbocycles. The van der Waals surface area contributed by atoms with Gasteiger partial charge in [-0.1, -0.05) is 41.9 Å². The summed E-state index contributed by atoms with van der Waals surface area (Å²) in [6, 6.07) is 10.9. The van der Waals surface area contributed by atoms with Crippen LogP contribution in [0, 0.1) is 12.7 Å². The van der Waals surface area contributed by atoms with E-state index in [0.717, 1.165) is 73.0 Å². The Bertz CT molecular complexity index is 1500. The van der Waals surface area contributed by atoms with Gasteiger partial charge in [-0.25, -0.2) is 14.2 Å². The first-order valence-corrected chi connectivity index (χ1v) is 14.5. The summed E-state index contributed by atoms with van der Waals surface area (Å²) >= 11 is 5.96. The molecule has 3 aliphatic rings. The molecule has 0 saturated carbocycles. The molecule has 1 aromatic heterocycles. The zero-order chi connectivity index (χ0) is 28.5. The van der Waals surface area contributed by atoms with E-state index in [9.17, 15) is 9.18 Å². The maximum absolute atomic E-state index is 14.7. The van der Waals surface area contributed by atoms with Gasteiger partial charge in [-0.3, -0.25) is 4.90 Å². The number of imidazole rings is 1. The lowest BCUT2D eigenvalue weighted by molar-refractivity contribution is -0.131. The van der Waals surface area contributed by atoms with Gasteiger partial charge < -0.3 is 19.1 Å². The Morgan fingerprint density at radius 1 is 1.20 bits per heavy atom. The SMILES string of the molecule is Cc1nc(CN2CCC(c3cccc4c3OC(c3ccc(Cl)cc3F)C=C4)CC2)n(CC2CCO2)c1/C=C/C(=O)O. The van der Waals surface area contributed by atoms with E-state index in [1.807, 2.05) is 25.1 Å². The van der Waals surface area contributed by atoms with Crippen LogP contribution in [0.4, 0.5) is 4.39 Å². The molecule has 0 aliphatic carbocycles. The predicted molar refractivity (Wildman–Crippen MR) is 155 cm³/mol. The second kappa shape index (κ2) is 11.8. The number of hydrogen-bond acceptors (Lipinski definition) is 5. The van der Waals surface area contributed by atoms with Crippen molar-refractivity contribution in [2.75, 3.05) is 19.7 Å². The normalized spacial score (nSPS) is 21.0. The number of likely N-dealkylation sites (tertiary alicyclic amines) is 1. The lowest BCUT2D eigenvalue weighted by atomic mass is 9.87. The number of fused-ring (bicyclic) bond motifs is 1. The fraction of sp³-hybridized carbons (Fsp3) is 0.375. The number of para-hydroxylation sites is 1. The van der Waals surface area contributed by atoms with Gasteiger partial charge in [-0.2, -0.15) is 0 Å². The van der Waals surface area contributed by atoms with Crippen LogP contribution in [0.3, 0.4) is 0 Å². The lowest BCUT2D eigenvalue weighted by Gasteiger charge is -2.34. The van der Waals surface area contributed by atoms with Gasteiger partial charge in [0.05, 0.1) is 30.6 Å². The quantitative estimate of drug-likeness (QED) is 0.312. The Morgan fingerprint density at radius 3 is 2.71 bits per heavy atom. The fourth-order valence-electron chi connectivity index (χ4n) is 5.98. The van der Waals surface area contributed by atoms with Crippen LogP contribution in [0.15, 0.2) is 48.6 Å². The van der Waals surface area contributed by atoms with Crippen LogP contribution in [0.25, 0.3) is 12.2 Å². The van der Waals surface area contributed by atoms with E-state index in [0.29, 0.717) is 29.6 Å². The third-order valence-corrected chi connectivity index (χ3v) is 8.50. The van der Waals surface area contributed by atoms with Crippen molar-refractivity contribution in [2.24, 2.45) is 0 Å². The Hall–Kier alpha value is -3.46. The Labute approximate surface area is 243 Å². The standard InChI is InChI=1S/C32H33ClFN3O4/c1-20-28(8-10-31(38)39)37(18-24-13-16-40-24)30(35-20)19-36-14-11-21(12-15-36)25-4-2-3-22-5-9-29(41-32(22)25)26-7-6-23(33)17-27(26)34/h2-10,17,21,24,29H,11-16,18-19H2,1H3,(H,38,39)/b10-8+. The lowest BCUT2D eigenvalue weighted by Crippen LogP contribution is -2.35. The van der Waals surface area contributed by atoms with Crippen LogP contribution < -0.4 is 4.74 Å². The first-order valence-electron chi connectivity index (χ1n) is 14.1. The topological polar surface area (TPSA) is 76.8 Å². The zero-order valence-corrected chi connectivity index (χ0v) is 23.7. The maximum atomic E-state index is 14.7. The summed E-state index contributed by atoms with van der Waals surface area (Å²) in [5, 5.41) is 9.53. The van der Waals surface area contributed by atoms with Crippen LogP contribution in [0.1, 0.15) is 65.2 Å². The first kappa shape index (κ1) is 27.7. The minimum absolute atomic E-state index is 0.133. The summed E-state index contributed by atoms with van der Waals surface area (Å²) in [6.45, 7) is 5.83. The fourth-order valence-corrected chi connectivity index (χ4v) is 6.14. The van der Waals surface area contributed by atoms with Gasteiger partial charge in [0, 0.05) is 28.8 Å². The molecule has 0 bridgehead atoms. The van der Waals surface area contributed by atoms with Crippen molar-refractivity contribution < 1.29 is 23.8 Å². The predicted octanol–water partition coefficient (Wildman–Crippen LogP) is 6.40. The van der Waals surface area contributed by atoms with Crippen molar-refractivity contribution >= 4 is 29.7 Å². The molecular weight excluding hydrogens is 545 g/mol. The van der Waals surface area contributed by atoms with Crippen molar-refractivity contribution in [2.45, 2.75) is 57.4 Å². The molecule has 214 valence electrons. The number of rotatable bonds is 8. The number of nitrogens with zero attached hydrogens (tertiary/aromatic N) is 3. The van der Waals surface area contributed by atoms with E-state index in [4.69, 9.17) is 31.2 Å². The number of hydrogen-bond donors (Lipinski definition) is 1. The molecule has 0 spiro atoms. The number of halogens is 2. The van der Waals surface area contributed by atoms with E-state index < -0.39 is 12.1 Å². The number of aromatic nitrogens is 2. The van der Waals surface area contributed by atoms with Crippen LogP contribution in [0.5, 0.6) is 5.75 Å². The van der Waals surface area contributed by atoms with Crippen molar-refractivity contribution in [3.63, 3.8) is 0 Å². The van der Waals surface area contributed by atoms with Crippen molar-refractivity contribution in [1.29, 1.82) is 0 Å². The zero-order valence-electron chi connectivity index (χ0n) is 22.9. The number of piperidine rings is 1. The highest BCUT2D eigenvalue weighted by Gasteiger charge is 2.29. The molecule has 3 aromatic rings. The minimum Gasteiger partial charge on any atom is -0.481 e. The molecule has 0 radical (unpaired) electrons. The van der Waals surface area contributed by atoms with E-state index in [1.54, 1.807) is 18.2 Å². The van der Waals surface area contributed by atoms with Crippen LogP contribution >= 0.6 is 11.6 Å². The largest absolute Gasteiger partial charge is 0.481 e. The van der Waals surface area contributed by atoms with Crippen molar-refractivity contribution in [1.82, 2.24) is 14.5 Å². The molecule has 9 heteroatoms. The number of carbonyl (C=O) groups is 1. The summed E-state index contributed by atoms with van der Waals surface area (Å²) in [5.41, 5.74) is 4.27. The molecule has 2 unspecified atom stereocenters. The number of ether oxygens (including phenoxy) is 2. The third-order valence-electron chi connectivity index (χ3n) is 8.27. The minimum atomic E-state index is -0.979. The highest BCUT2D eigenvalue weighted by Crippen LogP contribution is 2.42. The summed E-state index contributed by atoms with van der Waals surface area (Å²) in [5.74, 6) is 0.727. The Balaban J connectivity index is 1.16. The molecule has 6 rings (SSSR count). The van der Waals surface area contributed by atoms with Gasteiger partial charge in [0.2, 0.25) is 0 Å². The molecule has 2 saturated heterocycles. The van der Waals surface area contributed by atoms with Gasteiger partial charge in [-0.15, -0.1) is 0 Å². The summed E-state index contributed by atoms with van der Waals surface area (Å²) in [6.07, 6.45) is 9.24. The molecule has 2 fully saturated rings. The summed E-state index contributed by atoms with van der Waals surface area (Å²) in [7, 11) is 0. The third kappa shape index (κ3) is 5.96. The van der Waals surface area contributed by atoms with Crippen molar-refractivity contribution in [3.8, 4) is 5.75 Å².